The van der Waals surface area contributed by atoms with Gasteiger partial charge in [0.15, 0.2) is 0 Å². The van der Waals surface area contributed by atoms with Crippen molar-refractivity contribution in [3.8, 4) is 5.75 Å². The summed E-state index contributed by atoms with van der Waals surface area (Å²) >= 11 is 5.69. The molecule has 5 aromatic rings. The van der Waals surface area contributed by atoms with Crippen LogP contribution in [0, 0.1) is 0 Å². The van der Waals surface area contributed by atoms with Crippen molar-refractivity contribution in [2.75, 3.05) is 13.1 Å². The van der Waals surface area contributed by atoms with Crippen LogP contribution in [0.2, 0.25) is 5.02 Å². The summed E-state index contributed by atoms with van der Waals surface area (Å²) in [4.78, 5) is 26.4. The number of imidazole rings is 1. The summed E-state index contributed by atoms with van der Waals surface area (Å²) in [5.74, 6) is 0.260. The Morgan fingerprint density at radius 3 is 2.60 bits per heavy atom. The summed E-state index contributed by atoms with van der Waals surface area (Å²) in [5, 5.41) is 0.710. The fraction of sp³-hybridized carbons (Fsp3) is 0.207. The highest BCUT2D eigenvalue weighted by Gasteiger charge is 2.35. The van der Waals surface area contributed by atoms with E-state index in [1.807, 2.05) is 0 Å². The summed E-state index contributed by atoms with van der Waals surface area (Å²) < 4.78 is 71.4. The minimum Gasteiger partial charge on any atom is -0.379 e. The first-order valence-corrected chi connectivity index (χ1v) is 14.7. The molecule has 42 heavy (non-hydrogen) atoms. The molecule has 2 aromatic heterocycles. The van der Waals surface area contributed by atoms with Crippen LogP contribution in [0.5, 0.6) is 5.75 Å². The number of carbonyl (C=O) groups is 1. The quantitative estimate of drug-likeness (QED) is 0.225. The van der Waals surface area contributed by atoms with E-state index in [4.69, 9.17) is 15.8 Å². The maximum absolute atomic E-state index is 13.2. The summed E-state index contributed by atoms with van der Waals surface area (Å²) in [6.07, 6.45) is -0.488. The van der Waals surface area contributed by atoms with E-state index in [0.717, 1.165) is 12.1 Å². The van der Waals surface area contributed by atoms with Gasteiger partial charge in [-0.2, -0.15) is 21.6 Å². The number of amides is 1. The number of benzene rings is 3. The summed E-state index contributed by atoms with van der Waals surface area (Å²) in [6, 6.07) is 14.4. The van der Waals surface area contributed by atoms with Crippen molar-refractivity contribution in [1.82, 2.24) is 19.9 Å². The topological polar surface area (TPSA) is 105 Å². The SMILES string of the molecule is O=C(c1ccc(Cl)c(C(F)(F)F)c1)N1CCC(c2nc3ccc(OS(=O)(=O)c4cccc5cnccc45)cc3[nH]2)CC1. The van der Waals surface area contributed by atoms with Crippen molar-refractivity contribution < 1.29 is 30.6 Å². The summed E-state index contributed by atoms with van der Waals surface area (Å²) in [6.45, 7) is 0.662. The molecule has 1 fully saturated rings. The average Bonchev–Trinajstić information content (AvgIpc) is 3.39. The van der Waals surface area contributed by atoms with Crippen LogP contribution in [0.3, 0.4) is 0 Å². The number of hydrogen-bond acceptors (Lipinski definition) is 6. The Balaban J connectivity index is 1.16. The highest BCUT2D eigenvalue weighted by Crippen LogP contribution is 2.36. The zero-order valence-electron chi connectivity index (χ0n) is 21.7. The Bertz CT molecular complexity index is 1930. The molecular formula is C29H22ClF3N4O4S. The maximum Gasteiger partial charge on any atom is 0.417 e. The fourth-order valence-corrected chi connectivity index (χ4v) is 6.52. The number of nitrogens with zero attached hydrogens (tertiary/aromatic N) is 3. The molecule has 0 spiro atoms. The molecule has 3 aromatic carbocycles. The van der Waals surface area contributed by atoms with E-state index in [0.29, 0.717) is 53.6 Å². The molecule has 0 aliphatic carbocycles. The molecule has 0 unspecified atom stereocenters. The second kappa shape index (κ2) is 10.6. The number of halogens is 4. The van der Waals surface area contributed by atoms with E-state index >= 15 is 0 Å². The number of aromatic amines is 1. The zero-order chi connectivity index (χ0) is 29.6. The molecule has 6 rings (SSSR count). The highest BCUT2D eigenvalue weighted by atomic mass is 35.5. The number of hydrogen-bond donors (Lipinski definition) is 1. The number of carbonyl (C=O) groups excluding carboxylic acids is 1. The van der Waals surface area contributed by atoms with E-state index in [-0.39, 0.29) is 22.1 Å². The number of alkyl halides is 3. The van der Waals surface area contributed by atoms with Gasteiger partial charge in [0.1, 0.15) is 16.5 Å². The maximum atomic E-state index is 13.2. The molecule has 1 N–H and O–H groups in total. The van der Waals surface area contributed by atoms with Crippen LogP contribution >= 0.6 is 11.6 Å². The number of pyridine rings is 1. The number of aromatic nitrogens is 3. The van der Waals surface area contributed by atoms with Crippen LogP contribution in [0.15, 0.2) is 78.0 Å². The van der Waals surface area contributed by atoms with E-state index < -0.39 is 32.8 Å². The van der Waals surface area contributed by atoms with Crippen LogP contribution < -0.4 is 4.18 Å². The lowest BCUT2D eigenvalue weighted by molar-refractivity contribution is -0.137. The minimum atomic E-state index is -4.66. The third kappa shape index (κ3) is 5.39. The first-order chi connectivity index (χ1) is 20.0. The number of nitrogens with one attached hydrogen (secondary N) is 1. The fourth-order valence-electron chi connectivity index (χ4n) is 5.15. The van der Waals surface area contributed by atoms with Crippen LogP contribution in [0.25, 0.3) is 21.8 Å². The smallest absolute Gasteiger partial charge is 0.379 e. The molecule has 0 atom stereocenters. The van der Waals surface area contributed by atoms with Gasteiger partial charge in [0.25, 0.3) is 5.91 Å². The minimum absolute atomic E-state index is 0.0299. The molecule has 1 saturated heterocycles. The predicted octanol–water partition coefficient (Wildman–Crippen LogP) is 6.57. The zero-order valence-corrected chi connectivity index (χ0v) is 23.3. The second-order valence-corrected chi connectivity index (χ2v) is 11.9. The second-order valence-electron chi connectivity index (χ2n) is 9.95. The molecule has 0 radical (unpaired) electrons. The van der Waals surface area contributed by atoms with Crippen LogP contribution in [-0.2, 0) is 16.3 Å². The standard InChI is InChI=1S/C29H22ClF3N4O4S/c30-23-6-4-18(14-22(23)29(31,32)33)28(38)37-12-9-17(10-13-37)27-35-24-7-5-20(15-25(24)36-27)41-42(39,40)26-3-1-2-19-16-34-11-8-21(19)26/h1-8,11,14-17H,9-10,12-13H2,(H,35,36). The van der Waals surface area contributed by atoms with Crippen LogP contribution in [0.1, 0.15) is 40.5 Å². The molecular weight excluding hydrogens is 593 g/mol. The Labute approximate surface area is 243 Å². The molecule has 1 aliphatic rings. The van der Waals surface area contributed by atoms with E-state index in [2.05, 4.69) is 15.0 Å². The summed E-state index contributed by atoms with van der Waals surface area (Å²) in [5.41, 5.74) is 0.0822. The number of piperidine rings is 1. The van der Waals surface area contributed by atoms with Gasteiger partial charge in [0, 0.05) is 53.8 Å². The Kier molecular flexibility index (Phi) is 7.06. The highest BCUT2D eigenvalue weighted by molar-refractivity contribution is 7.87. The number of likely N-dealkylation sites (tertiary alicyclic amines) is 1. The van der Waals surface area contributed by atoms with Crippen molar-refractivity contribution in [3.63, 3.8) is 0 Å². The van der Waals surface area contributed by atoms with Gasteiger partial charge in [-0.15, -0.1) is 0 Å². The number of fused-ring (bicyclic) bond motifs is 2. The van der Waals surface area contributed by atoms with Gasteiger partial charge in [-0.1, -0.05) is 23.7 Å². The first kappa shape index (κ1) is 28.0. The number of H-pyrrole nitrogens is 1. The van der Waals surface area contributed by atoms with Crippen LogP contribution in [-0.4, -0.2) is 47.3 Å². The predicted molar refractivity (Wildman–Crippen MR) is 150 cm³/mol. The van der Waals surface area contributed by atoms with Crippen molar-refractivity contribution in [2.24, 2.45) is 0 Å². The Morgan fingerprint density at radius 2 is 1.83 bits per heavy atom. The van der Waals surface area contributed by atoms with Crippen molar-refractivity contribution >= 4 is 49.4 Å². The summed E-state index contributed by atoms with van der Waals surface area (Å²) in [7, 11) is -4.14. The molecule has 8 nitrogen and oxygen atoms in total. The molecule has 3 heterocycles. The largest absolute Gasteiger partial charge is 0.417 e. The molecule has 13 heteroatoms. The molecule has 1 aliphatic heterocycles. The van der Waals surface area contributed by atoms with Crippen molar-refractivity contribution in [1.29, 1.82) is 0 Å². The van der Waals surface area contributed by atoms with Crippen molar-refractivity contribution in [2.45, 2.75) is 29.8 Å². The molecule has 0 saturated carbocycles. The van der Waals surface area contributed by atoms with Gasteiger partial charge in [0.05, 0.1) is 21.6 Å². The first-order valence-electron chi connectivity index (χ1n) is 12.9. The molecule has 1 amide bonds. The Morgan fingerprint density at radius 1 is 1.05 bits per heavy atom. The Hall–Kier alpha value is -4.16. The number of rotatable bonds is 5. The lowest BCUT2D eigenvalue weighted by atomic mass is 9.95. The van der Waals surface area contributed by atoms with Gasteiger partial charge in [0.2, 0.25) is 0 Å². The van der Waals surface area contributed by atoms with E-state index in [1.54, 1.807) is 36.5 Å². The van der Waals surface area contributed by atoms with Gasteiger partial charge >= 0.3 is 16.3 Å². The van der Waals surface area contributed by atoms with E-state index in [9.17, 15) is 26.4 Å². The normalized spacial score (nSPS) is 14.9. The lowest BCUT2D eigenvalue weighted by Crippen LogP contribution is -2.38. The third-order valence-electron chi connectivity index (χ3n) is 7.28. The van der Waals surface area contributed by atoms with Gasteiger partial charge < -0.3 is 14.1 Å². The molecule has 216 valence electrons. The van der Waals surface area contributed by atoms with Crippen LogP contribution in [0.4, 0.5) is 13.2 Å². The third-order valence-corrected chi connectivity index (χ3v) is 8.91. The average molecular weight is 615 g/mol. The van der Waals surface area contributed by atoms with E-state index in [1.165, 1.54) is 29.3 Å². The van der Waals surface area contributed by atoms with Gasteiger partial charge in [-0.05, 0) is 55.3 Å². The van der Waals surface area contributed by atoms with Gasteiger partial charge in [-0.3, -0.25) is 9.78 Å². The monoisotopic (exact) mass is 614 g/mol. The van der Waals surface area contributed by atoms with Gasteiger partial charge in [-0.25, -0.2) is 4.98 Å². The lowest BCUT2D eigenvalue weighted by Gasteiger charge is -2.31. The van der Waals surface area contributed by atoms with Crippen molar-refractivity contribution in [3.05, 3.63) is 95.0 Å². The molecule has 0 bridgehead atoms.